The highest BCUT2D eigenvalue weighted by Gasteiger charge is 2.31. The molecule has 0 radical (unpaired) electrons. The second-order valence-corrected chi connectivity index (χ2v) is 6.48. The van der Waals surface area contributed by atoms with Gasteiger partial charge in [0.25, 0.3) is 0 Å². The molecule has 0 aliphatic rings. The number of amides is 2. The Labute approximate surface area is 160 Å². The van der Waals surface area contributed by atoms with E-state index in [1.54, 1.807) is 6.20 Å². The molecule has 152 valence electrons. The summed E-state index contributed by atoms with van der Waals surface area (Å²) in [5.74, 6) is -2.98. The SMILES string of the molecule is C[C@@H](O)[C@H](NC(=O)[C@@H](N)CO)C(=O)N[C@@H](Cc1c[nH]c2ccccc12)C(=O)O. The van der Waals surface area contributed by atoms with Gasteiger partial charge >= 0.3 is 5.97 Å². The quantitative estimate of drug-likeness (QED) is 0.270. The lowest BCUT2D eigenvalue weighted by molar-refractivity contribution is -0.142. The Morgan fingerprint density at radius 2 is 1.86 bits per heavy atom. The number of H-pyrrole nitrogens is 1. The third-order valence-corrected chi connectivity index (χ3v) is 4.31. The molecule has 2 amide bonds. The van der Waals surface area contributed by atoms with Crippen LogP contribution in [0.15, 0.2) is 30.5 Å². The molecule has 4 atom stereocenters. The molecule has 0 fully saturated rings. The number of aliphatic hydroxyl groups is 2. The van der Waals surface area contributed by atoms with Crippen LogP contribution in [0, 0.1) is 0 Å². The first-order valence-electron chi connectivity index (χ1n) is 8.67. The second kappa shape index (κ2) is 9.31. The number of carboxylic acids is 1. The van der Waals surface area contributed by atoms with Crippen LogP contribution < -0.4 is 16.4 Å². The number of benzene rings is 1. The molecule has 0 unspecified atom stereocenters. The van der Waals surface area contributed by atoms with Gasteiger partial charge in [-0.25, -0.2) is 4.79 Å². The fraction of sp³-hybridized carbons (Fsp3) is 0.389. The van der Waals surface area contributed by atoms with Crippen LogP contribution in [0.5, 0.6) is 0 Å². The van der Waals surface area contributed by atoms with Gasteiger partial charge in [-0.3, -0.25) is 9.59 Å². The number of para-hydroxylation sites is 1. The minimum absolute atomic E-state index is 0.00170. The number of rotatable bonds is 9. The highest BCUT2D eigenvalue weighted by molar-refractivity contribution is 5.92. The van der Waals surface area contributed by atoms with E-state index in [0.29, 0.717) is 5.56 Å². The molecule has 2 rings (SSSR count). The molecule has 0 aliphatic heterocycles. The topological polar surface area (TPSA) is 178 Å². The van der Waals surface area contributed by atoms with E-state index in [0.717, 1.165) is 10.9 Å². The predicted octanol–water partition coefficient (Wildman–Crippen LogP) is -1.53. The third kappa shape index (κ3) is 5.06. The van der Waals surface area contributed by atoms with Crippen LogP contribution >= 0.6 is 0 Å². The lowest BCUT2D eigenvalue weighted by Gasteiger charge is -2.24. The Morgan fingerprint density at radius 1 is 1.18 bits per heavy atom. The highest BCUT2D eigenvalue weighted by Crippen LogP contribution is 2.19. The van der Waals surface area contributed by atoms with E-state index in [-0.39, 0.29) is 6.42 Å². The number of aromatic amines is 1. The van der Waals surface area contributed by atoms with Crippen molar-refractivity contribution in [2.24, 2.45) is 5.73 Å². The van der Waals surface area contributed by atoms with Crippen LogP contribution in [0.3, 0.4) is 0 Å². The van der Waals surface area contributed by atoms with Crippen molar-refractivity contribution in [3.05, 3.63) is 36.0 Å². The maximum absolute atomic E-state index is 12.5. The Hall–Kier alpha value is -2.95. The zero-order valence-electron chi connectivity index (χ0n) is 15.3. The van der Waals surface area contributed by atoms with Gasteiger partial charge in [0.15, 0.2) is 0 Å². The van der Waals surface area contributed by atoms with E-state index in [4.69, 9.17) is 10.8 Å². The average molecular weight is 392 g/mol. The second-order valence-electron chi connectivity index (χ2n) is 6.48. The van der Waals surface area contributed by atoms with Crippen molar-refractivity contribution in [3.63, 3.8) is 0 Å². The van der Waals surface area contributed by atoms with Crippen molar-refractivity contribution in [1.29, 1.82) is 0 Å². The molecule has 10 heteroatoms. The van der Waals surface area contributed by atoms with Gasteiger partial charge in [0.05, 0.1) is 12.7 Å². The van der Waals surface area contributed by atoms with Gasteiger partial charge in [-0.2, -0.15) is 0 Å². The van der Waals surface area contributed by atoms with Crippen molar-refractivity contribution in [3.8, 4) is 0 Å². The molecule has 1 aromatic heterocycles. The molecule has 28 heavy (non-hydrogen) atoms. The average Bonchev–Trinajstić information content (AvgIpc) is 3.07. The van der Waals surface area contributed by atoms with Crippen LogP contribution in [0.1, 0.15) is 12.5 Å². The Kier molecular flexibility index (Phi) is 7.10. The first kappa shape index (κ1) is 21.4. The smallest absolute Gasteiger partial charge is 0.326 e. The summed E-state index contributed by atoms with van der Waals surface area (Å²) in [6.45, 7) is 0.628. The van der Waals surface area contributed by atoms with Gasteiger partial charge in [-0.05, 0) is 18.6 Å². The molecule has 1 heterocycles. The van der Waals surface area contributed by atoms with Crippen LogP contribution in [-0.4, -0.2) is 68.9 Å². The van der Waals surface area contributed by atoms with E-state index in [1.165, 1.54) is 6.92 Å². The van der Waals surface area contributed by atoms with E-state index in [1.807, 2.05) is 24.3 Å². The Bertz CT molecular complexity index is 849. The molecule has 2 aromatic rings. The lowest BCUT2D eigenvalue weighted by Crippen LogP contribution is -2.58. The number of fused-ring (bicyclic) bond motifs is 1. The summed E-state index contributed by atoms with van der Waals surface area (Å²) >= 11 is 0. The van der Waals surface area contributed by atoms with Gasteiger partial charge in [-0.15, -0.1) is 0 Å². The first-order valence-corrected chi connectivity index (χ1v) is 8.67. The zero-order valence-corrected chi connectivity index (χ0v) is 15.3. The number of aliphatic hydroxyl groups excluding tert-OH is 2. The normalized spacial score (nSPS) is 15.4. The lowest BCUT2D eigenvalue weighted by atomic mass is 10.0. The van der Waals surface area contributed by atoms with Crippen molar-refractivity contribution in [2.45, 2.75) is 37.6 Å². The number of carbonyl (C=O) groups excluding carboxylic acids is 2. The maximum atomic E-state index is 12.5. The van der Waals surface area contributed by atoms with E-state index < -0.39 is 48.6 Å². The van der Waals surface area contributed by atoms with E-state index >= 15 is 0 Å². The molecular formula is C18H24N4O6. The molecule has 8 N–H and O–H groups in total. The van der Waals surface area contributed by atoms with Gasteiger partial charge in [-0.1, -0.05) is 18.2 Å². The van der Waals surface area contributed by atoms with Crippen molar-refractivity contribution in [1.82, 2.24) is 15.6 Å². The fourth-order valence-corrected chi connectivity index (χ4v) is 2.73. The molecule has 0 aliphatic carbocycles. The number of aromatic nitrogens is 1. The van der Waals surface area contributed by atoms with Crippen LogP contribution in [0.25, 0.3) is 10.9 Å². The van der Waals surface area contributed by atoms with Crippen molar-refractivity contribution >= 4 is 28.7 Å². The number of carboxylic acid groups (broad SMARTS) is 1. The monoisotopic (exact) mass is 392 g/mol. The number of hydrogen-bond donors (Lipinski definition) is 7. The molecular weight excluding hydrogens is 368 g/mol. The standard InChI is InChI=1S/C18H24N4O6/c1-9(24)15(22-16(25)12(19)8-23)17(26)21-14(18(27)28)6-10-7-20-13-5-3-2-4-11(10)13/h2-5,7,9,12,14-15,20,23-24H,6,8,19H2,1H3,(H,21,26)(H,22,25)(H,27,28)/t9-,12+,14+,15+/m1/s1. The van der Waals surface area contributed by atoms with Gasteiger partial charge < -0.3 is 36.7 Å². The predicted molar refractivity (Wildman–Crippen MR) is 100 cm³/mol. The minimum Gasteiger partial charge on any atom is -0.480 e. The number of aliphatic carboxylic acids is 1. The van der Waals surface area contributed by atoms with E-state index in [2.05, 4.69) is 15.6 Å². The van der Waals surface area contributed by atoms with Gasteiger partial charge in [0, 0.05) is 23.5 Å². The van der Waals surface area contributed by atoms with Crippen LogP contribution in [0.4, 0.5) is 0 Å². The fourth-order valence-electron chi connectivity index (χ4n) is 2.73. The Balaban J connectivity index is 2.14. The zero-order chi connectivity index (χ0) is 20.8. The maximum Gasteiger partial charge on any atom is 0.326 e. The minimum atomic E-state index is -1.42. The molecule has 0 spiro atoms. The van der Waals surface area contributed by atoms with Crippen molar-refractivity contribution < 1.29 is 29.7 Å². The third-order valence-electron chi connectivity index (χ3n) is 4.31. The molecule has 0 bridgehead atoms. The summed E-state index contributed by atoms with van der Waals surface area (Å²) in [5, 5.41) is 33.6. The van der Waals surface area contributed by atoms with Crippen molar-refractivity contribution in [2.75, 3.05) is 6.61 Å². The van der Waals surface area contributed by atoms with Gasteiger partial charge in [0.1, 0.15) is 18.1 Å². The van der Waals surface area contributed by atoms with Crippen LogP contribution in [0.2, 0.25) is 0 Å². The summed E-state index contributed by atoms with van der Waals surface area (Å²) in [5.41, 5.74) is 6.92. The van der Waals surface area contributed by atoms with E-state index in [9.17, 15) is 24.6 Å². The highest BCUT2D eigenvalue weighted by atomic mass is 16.4. The molecule has 10 nitrogen and oxygen atoms in total. The molecule has 0 saturated carbocycles. The number of nitrogens with one attached hydrogen (secondary N) is 3. The van der Waals surface area contributed by atoms with Gasteiger partial charge in [0.2, 0.25) is 11.8 Å². The summed E-state index contributed by atoms with van der Waals surface area (Å²) in [7, 11) is 0. The summed E-state index contributed by atoms with van der Waals surface area (Å²) < 4.78 is 0. The molecule has 0 saturated heterocycles. The number of carbonyl (C=O) groups is 3. The largest absolute Gasteiger partial charge is 0.480 e. The number of hydrogen-bond acceptors (Lipinski definition) is 6. The van der Waals surface area contributed by atoms with Crippen LogP contribution in [-0.2, 0) is 20.8 Å². The summed E-state index contributed by atoms with van der Waals surface area (Å²) in [6, 6.07) is 3.36. The molecule has 1 aromatic carbocycles. The summed E-state index contributed by atoms with van der Waals surface area (Å²) in [4.78, 5) is 39.0. The Morgan fingerprint density at radius 3 is 2.46 bits per heavy atom. The summed E-state index contributed by atoms with van der Waals surface area (Å²) in [6.07, 6.45) is 0.361. The first-order chi connectivity index (χ1) is 13.2. The number of nitrogens with two attached hydrogens (primary N) is 1.